The van der Waals surface area contributed by atoms with Crippen LogP contribution in [0.5, 0.6) is 0 Å². The maximum Gasteiger partial charge on any atom is 0.264 e. The van der Waals surface area contributed by atoms with Crippen molar-refractivity contribution in [1.82, 2.24) is 0 Å². The van der Waals surface area contributed by atoms with Crippen molar-refractivity contribution in [2.24, 2.45) is 5.41 Å². The van der Waals surface area contributed by atoms with E-state index in [4.69, 9.17) is 0 Å². The first-order chi connectivity index (χ1) is 30.7. The summed E-state index contributed by atoms with van der Waals surface area (Å²) in [5, 5.41) is 1.42. The molecule has 1 atom stereocenters. The van der Waals surface area contributed by atoms with Crippen molar-refractivity contribution in [3.05, 3.63) is 117 Å². The third kappa shape index (κ3) is 7.88. The minimum Gasteiger partial charge on any atom is -0.311 e. The topological polar surface area (TPSA) is 6.48 Å². The number of anilines is 5. The second-order valence-corrected chi connectivity index (χ2v) is 27.7. The number of rotatable bonds is 7. The normalized spacial score (nSPS) is 19.8. The van der Waals surface area contributed by atoms with E-state index in [9.17, 15) is 0 Å². The fraction of sp³-hybridized carbons (Fsp3) is 0.508. The number of hydrogen-bond donors (Lipinski definition) is 0. The van der Waals surface area contributed by atoms with Gasteiger partial charge in [-0.3, -0.25) is 0 Å². The molecule has 348 valence electrons. The fourth-order valence-electron chi connectivity index (χ4n) is 11.9. The lowest BCUT2D eigenvalue weighted by atomic mass is 9.36. The van der Waals surface area contributed by atoms with Gasteiger partial charge in [-0.15, -0.1) is 11.3 Å². The van der Waals surface area contributed by atoms with E-state index in [1.54, 1.807) is 5.56 Å². The number of hydrogen-bond acceptors (Lipinski definition) is 3. The van der Waals surface area contributed by atoms with Crippen LogP contribution >= 0.6 is 33.9 Å². The van der Waals surface area contributed by atoms with Gasteiger partial charge in [-0.2, -0.15) is 0 Å². The van der Waals surface area contributed by atoms with Crippen LogP contribution in [0.1, 0.15) is 196 Å². The van der Waals surface area contributed by atoms with Gasteiger partial charge in [-0.1, -0.05) is 164 Å². The van der Waals surface area contributed by atoms with Crippen molar-refractivity contribution in [3.63, 3.8) is 0 Å². The Bertz CT molecular complexity index is 2830. The highest BCUT2D eigenvalue weighted by Crippen LogP contribution is 2.54. The molecule has 4 aliphatic rings. The summed E-state index contributed by atoms with van der Waals surface area (Å²) in [7, 11) is 0. The molecule has 0 radical (unpaired) electrons. The molecule has 2 nitrogen and oxygen atoms in total. The van der Waals surface area contributed by atoms with Crippen LogP contribution in [0.25, 0.3) is 10.1 Å². The lowest BCUT2D eigenvalue weighted by Gasteiger charge is -2.46. The quantitative estimate of drug-likeness (QED) is 0.0681. The molecule has 0 spiro atoms. The van der Waals surface area contributed by atoms with Gasteiger partial charge in [0.15, 0.2) is 0 Å². The van der Waals surface area contributed by atoms with Crippen LogP contribution in [-0.2, 0) is 27.1 Å². The summed E-state index contributed by atoms with van der Waals surface area (Å²) in [6.07, 6.45) is 11.9. The average molecular weight is 1010 g/mol. The van der Waals surface area contributed by atoms with E-state index in [1.165, 1.54) is 119 Å². The van der Waals surface area contributed by atoms with Gasteiger partial charge in [0.1, 0.15) is 0 Å². The van der Waals surface area contributed by atoms with Crippen molar-refractivity contribution < 1.29 is 0 Å². The van der Waals surface area contributed by atoms with Crippen LogP contribution in [0.3, 0.4) is 0 Å². The van der Waals surface area contributed by atoms with Crippen molar-refractivity contribution in [1.29, 1.82) is 0 Å². The van der Waals surface area contributed by atoms with Crippen LogP contribution in [-0.4, -0.2) is 11.1 Å². The summed E-state index contributed by atoms with van der Waals surface area (Å²) in [5.41, 5.74) is 21.8. The highest BCUT2D eigenvalue weighted by molar-refractivity contribution is 14.1. The predicted molar refractivity (Wildman–Crippen MR) is 303 cm³/mol. The standard InChI is InChI=1S/C61H78BIN2S/c1-18-37(2)39-31-50-53-51(32-39)65(48(24-30-63)38(3)23-25-56(4,5)6)49-33-40(57(7,8)9)19-22-47(49)62(53)55-54(42-35-45-46(36-52(42)66-55)61(16,17)29-28-60(45,14)15)64(50)41-20-21-43-44(34-41)59(12,13)27-26-58(43,10)11/h19-24,31-37H,18,25-30H2,1-17H3/b38-23-,48-24+. The highest BCUT2D eigenvalue weighted by Gasteiger charge is 2.48. The Labute approximate surface area is 418 Å². The molecule has 9 rings (SSSR count). The Morgan fingerprint density at radius 2 is 1.32 bits per heavy atom. The zero-order valence-corrected chi connectivity index (χ0v) is 46.7. The average Bonchev–Trinajstić information content (AvgIpc) is 3.62. The molecule has 5 heteroatoms. The van der Waals surface area contributed by atoms with Gasteiger partial charge in [0.2, 0.25) is 0 Å². The molecule has 3 heterocycles. The summed E-state index contributed by atoms with van der Waals surface area (Å²) in [5.74, 6) is 0.393. The van der Waals surface area contributed by atoms with Gasteiger partial charge < -0.3 is 9.80 Å². The highest BCUT2D eigenvalue weighted by atomic mass is 127. The van der Waals surface area contributed by atoms with Gasteiger partial charge in [0, 0.05) is 47.7 Å². The zero-order valence-electron chi connectivity index (χ0n) is 43.7. The van der Waals surface area contributed by atoms with Gasteiger partial charge in [-0.05, 0) is 176 Å². The van der Waals surface area contributed by atoms with Crippen LogP contribution in [0, 0.1) is 5.41 Å². The molecule has 0 saturated heterocycles. The van der Waals surface area contributed by atoms with Gasteiger partial charge in [-0.25, -0.2) is 0 Å². The number of benzene rings is 4. The summed E-state index contributed by atoms with van der Waals surface area (Å²) in [6, 6.07) is 25.8. The van der Waals surface area contributed by atoms with Gasteiger partial charge in [0.25, 0.3) is 6.71 Å². The lowest BCUT2D eigenvalue weighted by Crippen LogP contribution is -2.61. The molecule has 5 aromatic rings. The largest absolute Gasteiger partial charge is 0.311 e. The number of allylic oxidation sites excluding steroid dienone is 3. The Morgan fingerprint density at radius 1 is 0.727 bits per heavy atom. The maximum absolute atomic E-state index is 2.78. The molecule has 0 fully saturated rings. The lowest BCUT2D eigenvalue weighted by molar-refractivity contribution is 0.332. The first kappa shape index (κ1) is 47.8. The number of alkyl halides is 1. The third-order valence-corrected chi connectivity index (χ3v) is 18.4. The molecule has 4 aromatic carbocycles. The molecule has 2 aliphatic carbocycles. The summed E-state index contributed by atoms with van der Waals surface area (Å²) in [6.45, 7) is 41.3. The van der Waals surface area contributed by atoms with Crippen molar-refractivity contribution in [2.75, 3.05) is 14.2 Å². The molecule has 0 bridgehead atoms. The fourth-order valence-corrected chi connectivity index (χ4v) is 13.6. The maximum atomic E-state index is 2.78. The molecule has 0 amide bonds. The SMILES string of the molecule is CCC(C)c1cc2c3c(c1)N(c1ccc4c(c1)C(C)(C)CCC4(C)C)c1c(sc4cc5c(cc14)C(C)(C)CCC5(C)C)B3c1ccc(C(C)(C)C)cc1N2C(=C/CI)/C(C)=C\CC(C)(C)C. The Morgan fingerprint density at radius 3 is 1.91 bits per heavy atom. The summed E-state index contributed by atoms with van der Waals surface area (Å²) in [4.78, 5) is 5.50. The van der Waals surface area contributed by atoms with E-state index in [0.717, 1.165) is 17.3 Å². The van der Waals surface area contributed by atoms with E-state index < -0.39 is 0 Å². The molecule has 1 aromatic heterocycles. The minimum absolute atomic E-state index is 0.00538. The number of nitrogens with zero attached hydrogens (tertiary/aromatic N) is 2. The molecular weight excluding hydrogens is 930 g/mol. The van der Waals surface area contributed by atoms with Crippen LogP contribution < -0.4 is 25.5 Å². The molecule has 1 unspecified atom stereocenters. The first-order valence-corrected chi connectivity index (χ1v) is 27.7. The van der Waals surface area contributed by atoms with Crippen LogP contribution in [0.4, 0.5) is 28.4 Å². The number of halogens is 1. The summed E-state index contributed by atoms with van der Waals surface area (Å²) < 4.78 is 3.84. The van der Waals surface area contributed by atoms with Crippen molar-refractivity contribution >= 4 is 94.9 Å². The van der Waals surface area contributed by atoms with E-state index in [0.29, 0.717) is 5.92 Å². The van der Waals surface area contributed by atoms with E-state index in [-0.39, 0.29) is 39.2 Å². The Hall–Kier alpha value is -3.29. The second-order valence-electron chi connectivity index (χ2n) is 25.8. The van der Waals surface area contributed by atoms with Crippen molar-refractivity contribution in [2.45, 2.75) is 189 Å². The minimum atomic E-state index is -0.00538. The van der Waals surface area contributed by atoms with Gasteiger partial charge >= 0.3 is 0 Å². The number of thiophene rings is 1. The van der Waals surface area contributed by atoms with E-state index in [2.05, 4.69) is 234 Å². The number of fused-ring (bicyclic) bond motifs is 8. The van der Waals surface area contributed by atoms with Gasteiger partial charge in [0.05, 0.1) is 5.69 Å². The second kappa shape index (κ2) is 16.1. The summed E-state index contributed by atoms with van der Waals surface area (Å²) >= 11 is 4.65. The zero-order chi connectivity index (χ0) is 47.8. The molecule has 0 N–H and O–H groups in total. The van der Waals surface area contributed by atoms with Crippen molar-refractivity contribution in [3.8, 4) is 0 Å². The smallest absolute Gasteiger partial charge is 0.264 e. The first-order valence-electron chi connectivity index (χ1n) is 25.3. The predicted octanol–water partition coefficient (Wildman–Crippen LogP) is 16.9. The van der Waals surface area contributed by atoms with Crippen LogP contribution in [0.2, 0.25) is 0 Å². The molecule has 66 heavy (non-hydrogen) atoms. The van der Waals surface area contributed by atoms with E-state index in [1.807, 2.05) is 0 Å². The Balaban J connectivity index is 1.44. The van der Waals surface area contributed by atoms with Crippen LogP contribution in [0.15, 0.2) is 84.1 Å². The third-order valence-electron chi connectivity index (χ3n) is 16.7. The molecular formula is C61H78BIN2S. The van der Waals surface area contributed by atoms with E-state index >= 15 is 0 Å². The Kier molecular flexibility index (Phi) is 11.7. The molecule has 2 aliphatic heterocycles. The monoisotopic (exact) mass is 1010 g/mol. The molecule has 0 saturated carbocycles.